The van der Waals surface area contributed by atoms with Crippen molar-refractivity contribution < 1.29 is 19.0 Å². The molecular formula is C17H21NO4. The van der Waals surface area contributed by atoms with Gasteiger partial charge >= 0.3 is 0 Å². The predicted molar refractivity (Wildman–Crippen MR) is 80.0 cm³/mol. The summed E-state index contributed by atoms with van der Waals surface area (Å²) in [5, 5.41) is 0. The number of ether oxygens (including phenoxy) is 3. The summed E-state index contributed by atoms with van der Waals surface area (Å²) in [6, 6.07) is 5.79. The highest BCUT2D eigenvalue weighted by Crippen LogP contribution is 2.32. The molecule has 1 spiro atoms. The SMILES string of the molecule is O=C(c1ccc2c(c1)CCCO2)N1CCC2(CC1)OCCO2. The van der Waals surface area contributed by atoms with Gasteiger partial charge in [-0.2, -0.15) is 0 Å². The van der Waals surface area contributed by atoms with Crippen LogP contribution in [0.15, 0.2) is 18.2 Å². The van der Waals surface area contributed by atoms with E-state index in [9.17, 15) is 4.79 Å². The molecule has 3 aliphatic heterocycles. The molecule has 0 unspecified atom stereocenters. The van der Waals surface area contributed by atoms with E-state index >= 15 is 0 Å². The molecule has 3 aliphatic rings. The molecule has 0 N–H and O–H groups in total. The molecule has 0 bridgehead atoms. The number of aryl methyl sites for hydroxylation is 1. The van der Waals surface area contributed by atoms with Gasteiger partial charge in [0.15, 0.2) is 5.79 Å². The Morgan fingerprint density at radius 2 is 1.86 bits per heavy atom. The maximum absolute atomic E-state index is 12.7. The van der Waals surface area contributed by atoms with Gasteiger partial charge in [-0.3, -0.25) is 4.79 Å². The summed E-state index contributed by atoms with van der Waals surface area (Å²) >= 11 is 0. The van der Waals surface area contributed by atoms with E-state index in [2.05, 4.69) is 0 Å². The molecule has 0 atom stereocenters. The van der Waals surface area contributed by atoms with Crippen LogP contribution < -0.4 is 4.74 Å². The van der Waals surface area contributed by atoms with Crippen molar-refractivity contribution in [2.24, 2.45) is 0 Å². The van der Waals surface area contributed by atoms with Crippen molar-refractivity contribution >= 4 is 5.91 Å². The van der Waals surface area contributed by atoms with Gasteiger partial charge in [0.2, 0.25) is 0 Å². The van der Waals surface area contributed by atoms with Gasteiger partial charge in [-0.1, -0.05) is 0 Å². The minimum absolute atomic E-state index is 0.0984. The van der Waals surface area contributed by atoms with Crippen LogP contribution in [0.2, 0.25) is 0 Å². The number of rotatable bonds is 1. The molecule has 5 heteroatoms. The minimum Gasteiger partial charge on any atom is -0.493 e. The topological polar surface area (TPSA) is 48.0 Å². The third kappa shape index (κ3) is 2.48. The van der Waals surface area contributed by atoms with E-state index in [0.29, 0.717) is 26.3 Å². The van der Waals surface area contributed by atoms with Crippen LogP contribution in [-0.2, 0) is 15.9 Å². The first-order chi connectivity index (χ1) is 10.8. The quantitative estimate of drug-likeness (QED) is 0.796. The number of amides is 1. The summed E-state index contributed by atoms with van der Waals surface area (Å²) in [6.07, 6.45) is 3.52. The molecule has 0 saturated carbocycles. The van der Waals surface area contributed by atoms with Crippen molar-refractivity contribution in [3.05, 3.63) is 29.3 Å². The van der Waals surface area contributed by atoms with Crippen LogP contribution in [0, 0.1) is 0 Å². The van der Waals surface area contributed by atoms with Gasteiger partial charge in [0.25, 0.3) is 5.91 Å². The molecule has 2 fully saturated rings. The number of nitrogens with zero attached hydrogens (tertiary/aromatic N) is 1. The van der Waals surface area contributed by atoms with Gasteiger partial charge in [0, 0.05) is 31.5 Å². The van der Waals surface area contributed by atoms with Crippen LogP contribution in [-0.4, -0.2) is 49.5 Å². The summed E-state index contributed by atoms with van der Waals surface area (Å²) in [7, 11) is 0. The minimum atomic E-state index is -0.430. The first-order valence-electron chi connectivity index (χ1n) is 8.09. The van der Waals surface area contributed by atoms with Crippen LogP contribution in [0.25, 0.3) is 0 Å². The zero-order valence-electron chi connectivity index (χ0n) is 12.7. The molecule has 1 amide bonds. The Morgan fingerprint density at radius 3 is 2.64 bits per heavy atom. The summed E-state index contributed by atoms with van der Waals surface area (Å²) in [4.78, 5) is 14.6. The fourth-order valence-corrected chi connectivity index (χ4v) is 3.51. The zero-order chi connectivity index (χ0) is 15.0. The normalized spacial score (nSPS) is 23.2. The lowest BCUT2D eigenvalue weighted by Gasteiger charge is -2.37. The second-order valence-corrected chi connectivity index (χ2v) is 6.17. The van der Waals surface area contributed by atoms with E-state index in [1.165, 1.54) is 0 Å². The molecule has 1 aromatic carbocycles. The molecular weight excluding hydrogens is 282 g/mol. The number of carbonyl (C=O) groups is 1. The van der Waals surface area contributed by atoms with Gasteiger partial charge in [-0.25, -0.2) is 0 Å². The Kier molecular flexibility index (Phi) is 3.54. The predicted octanol–water partition coefficient (Wildman–Crippen LogP) is 1.99. The lowest BCUT2D eigenvalue weighted by atomic mass is 10.0. The van der Waals surface area contributed by atoms with Gasteiger partial charge in [0.1, 0.15) is 5.75 Å². The van der Waals surface area contributed by atoms with E-state index in [-0.39, 0.29) is 5.91 Å². The molecule has 3 heterocycles. The van der Waals surface area contributed by atoms with Crippen molar-refractivity contribution in [1.82, 2.24) is 4.90 Å². The van der Waals surface area contributed by atoms with Gasteiger partial charge in [0.05, 0.1) is 19.8 Å². The highest BCUT2D eigenvalue weighted by atomic mass is 16.7. The van der Waals surface area contributed by atoms with Crippen molar-refractivity contribution in [1.29, 1.82) is 0 Å². The van der Waals surface area contributed by atoms with Crippen LogP contribution in [0.5, 0.6) is 5.75 Å². The third-order valence-electron chi connectivity index (χ3n) is 4.78. The van der Waals surface area contributed by atoms with Crippen LogP contribution in [0.3, 0.4) is 0 Å². The first kappa shape index (κ1) is 14.0. The van der Waals surface area contributed by atoms with Crippen LogP contribution in [0.4, 0.5) is 0 Å². The second kappa shape index (κ2) is 5.56. The van der Waals surface area contributed by atoms with E-state index in [1.807, 2.05) is 23.1 Å². The lowest BCUT2D eigenvalue weighted by Crippen LogP contribution is -2.47. The summed E-state index contributed by atoms with van der Waals surface area (Å²) < 4.78 is 17.0. The Hall–Kier alpha value is -1.59. The smallest absolute Gasteiger partial charge is 0.253 e. The van der Waals surface area contributed by atoms with E-state index < -0.39 is 5.79 Å². The van der Waals surface area contributed by atoms with Crippen LogP contribution >= 0.6 is 0 Å². The Morgan fingerprint density at radius 1 is 1.09 bits per heavy atom. The largest absolute Gasteiger partial charge is 0.493 e. The fraction of sp³-hybridized carbons (Fsp3) is 0.588. The third-order valence-corrected chi connectivity index (χ3v) is 4.78. The molecule has 5 nitrogen and oxygen atoms in total. The van der Waals surface area contributed by atoms with Gasteiger partial charge in [-0.05, 0) is 36.6 Å². The summed E-state index contributed by atoms with van der Waals surface area (Å²) in [6.45, 7) is 3.48. The molecule has 0 aromatic heterocycles. The van der Waals surface area contributed by atoms with E-state index in [4.69, 9.17) is 14.2 Å². The maximum Gasteiger partial charge on any atom is 0.253 e. The number of hydrogen-bond donors (Lipinski definition) is 0. The van der Waals surface area contributed by atoms with Crippen molar-refractivity contribution in [2.45, 2.75) is 31.5 Å². The number of benzene rings is 1. The number of piperidine rings is 1. The molecule has 1 aromatic rings. The number of likely N-dealkylation sites (tertiary alicyclic amines) is 1. The van der Waals surface area contributed by atoms with E-state index in [1.54, 1.807) is 0 Å². The van der Waals surface area contributed by atoms with Crippen molar-refractivity contribution in [3.63, 3.8) is 0 Å². The highest BCUT2D eigenvalue weighted by Gasteiger charge is 2.40. The van der Waals surface area contributed by atoms with Gasteiger partial charge < -0.3 is 19.1 Å². The number of fused-ring (bicyclic) bond motifs is 1. The van der Waals surface area contributed by atoms with Crippen molar-refractivity contribution in [2.75, 3.05) is 32.9 Å². The lowest BCUT2D eigenvalue weighted by molar-refractivity contribution is -0.181. The van der Waals surface area contributed by atoms with Crippen molar-refractivity contribution in [3.8, 4) is 5.75 Å². The Bertz CT molecular complexity index is 570. The molecule has 118 valence electrons. The van der Waals surface area contributed by atoms with Gasteiger partial charge in [-0.15, -0.1) is 0 Å². The Balaban J connectivity index is 1.46. The standard InChI is InChI=1S/C17H21NO4/c19-16(14-3-4-15-13(12-14)2-1-9-20-15)18-7-5-17(6-8-18)21-10-11-22-17/h3-4,12H,1-2,5-11H2. The molecule has 22 heavy (non-hydrogen) atoms. The monoisotopic (exact) mass is 303 g/mol. The zero-order valence-corrected chi connectivity index (χ0v) is 12.7. The molecule has 4 rings (SSSR count). The average Bonchev–Trinajstić information content (AvgIpc) is 3.02. The van der Waals surface area contributed by atoms with E-state index in [0.717, 1.165) is 49.2 Å². The average molecular weight is 303 g/mol. The van der Waals surface area contributed by atoms with Crippen LogP contribution in [0.1, 0.15) is 35.2 Å². The molecule has 0 aliphatic carbocycles. The fourth-order valence-electron chi connectivity index (χ4n) is 3.51. The number of carbonyl (C=O) groups excluding carboxylic acids is 1. The highest BCUT2D eigenvalue weighted by molar-refractivity contribution is 5.94. The molecule has 2 saturated heterocycles. The Labute approximate surface area is 130 Å². The summed E-state index contributed by atoms with van der Waals surface area (Å²) in [5.74, 6) is 0.592. The summed E-state index contributed by atoms with van der Waals surface area (Å²) in [5.41, 5.74) is 1.90. The second-order valence-electron chi connectivity index (χ2n) is 6.17. The maximum atomic E-state index is 12.7. The molecule has 0 radical (unpaired) electrons. The first-order valence-corrected chi connectivity index (χ1v) is 8.09. The number of hydrogen-bond acceptors (Lipinski definition) is 4.